The minimum absolute atomic E-state index is 0.133. The van der Waals surface area contributed by atoms with E-state index in [0.717, 1.165) is 45.9 Å². The van der Waals surface area contributed by atoms with Crippen LogP contribution in [0.5, 0.6) is 0 Å². The van der Waals surface area contributed by atoms with Crippen LogP contribution in [-0.2, 0) is 0 Å². The van der Waals surface area contributed by atoms with Crippen LogP contribution in [0, 0.1) is 0 Å². The Labute approximate surface area is 190 Å². The van der Waals surface area contributed by atoms with Gasteiger partial charge in [0.15, 0.2) is 11.6 Å². The largest absolute Gasteiger partial charge is 0.310 e. The molecule has 4 nitrogen and oxygen atoms in total. The van der Waals surface area contributed by atoms with Gasteiger partial charge in [-0.2, -0.15) is 0 Å². The molecule has 2 aliphatic rings. The molecule has 1 aromatic heterocycles. The third kappa shape index (κ3) is 2.95. The van der Waals surface area contributed by atoms with Crippen molar-refractivity contribution in [3.05, 3.63) is 107 Å². The standard InChI is InChI=1S/C29H19NO3/c31-17-19-10-12-22-24(16-19)29(33)25(28(22)32)15-18-11-13-27-23(14-18)21-8-4-5-9-26(21)30(27)20-6-2-1-3-7-20/h2,4-17H,1,3H2/b25-15-. The number of hydrogen-bond acceptors (Lipinski definition) is 3. The number of nitrogens with zero attached hydrogens (tertiary/aromatic N) is 1. The third-order valence-corrected chi connectivity index (χ3v) is 6.40. The van der Waals surface area contributed by atoms with Crippen molar-refractivity contribution >= 4 is 51.4 Å². The summed E-state index contributed by atoms with van der Waals surface area (Å²) in [6, 6.07) is 18.9. The fourth-order valence-corrected chi connectivity index (χ4v) is 4.84. The fourth-order valence-electron chi connectivity index (χ4n) is 4.84. The number of para-hydroxylation sites is 1. The van der Waals surface area contributed by atoms with Crippen molar-refractivity contribution < 1.29 is 14.4 Å². The highest BCUT2D eigenvalue weighted by atomic mass is 16.2. The normalized spacial score (nSPS) is 16.6. The van der Waals surface area contributed by atoms with Gasteiger partial charge in [-0.15, -0.1) is 0 Å². The molecule has 0 aliphatic heterocycles. The Morgan fingerprint density at radius 1 is 0.758 bits per heavy atom. The number of allylic oxidation sites excluding steroid dienone is 5. The molecule has 33 heavy (non-hydrogen) atoms. The van der Waals surface area contributed by atoms with Crippen LogP contribution in [0.1, 0.15) is 49.5 Å². The summed E-state index contributed by atoms with van der Waals surface area (Å²) in [5, 5.41) is 2.19. The molecule has 2 aliphatic carbocycles. The quantitative estimate of drug-likeness (QED) is 0.219. The molecule has 1 heterocycles. The summed E-state index contributed by atoms with van der Waals surface area (Å²) >= 11 is 0. The van der Waals surface area contributed by atoms with Crippen LogP contribution in [0.3, 0.4) is 0 Å². The zero-order valence-electron chi connectivity index (χ0n) is 17.7. The lowest BCUT2D eigenvalue weighted by Crippen LogP contribution is -2.00. The van der Waals surface area contributed by atoms with Gasteiger partial charge in [0, 0.05) is 33.2 Å². The Hall–Kier alpha value is -4.31. The van der Waals surface area contributed by atoms with Gasteiger partial charge in [0.1, 0.15) is 6.29 Å². The van der Waals surface area contributed by atoms with E-state index >= 15 is 0 Å². The third-order valence-electron chi connectivity index (χ3n) is 6.40. The van der Waals surface area contributed by atoms with E-state index < -0.39 is 0 Å². The highest BCUT2D eigenvalue weighted by Crippen LogP contribution is 2.35. The molecule has 4 aromatic rings. The second-order valence-corrected chi connectivity index (χ2v) is 8.38. The van der Waals surface area contributed by atoms with Gasteiger partial charge in [0.05, 0.1) is 16.6 Å². The number of benzene rings is 3. The van der Waals surface area contributed by atoms with Crippen LogP contribution < -0.4 is 0 Å². The molecule has 0 spiro atoms. The number of aromatic nitrogens is 1. The molecule has 0 saturated heterocycles. The summed E-state index contributed by atoms with van der Waals surface area (Å²) in [6.45, 7) is 0. The van der Waals surface area contributed by atoms with E-state index in [2.05, 4.69) is 34.9 Å². The summed E-state index contributed by atoms with van der Waals surface area (Å²) in [5.74, 6) is -0.633. The van der Waals surface area contributed by atoms with Crippen LogP contribution in [-0.4, -0.2) is 22.4 Å². The molecular formula is C29H19NO3. The van der Waals surface area contributed by atoms with Crippen LogP contribution in [0.15, 0.2) is 84.5 Å². The molecule has 0 bridgehead atoms. The lowest BCUT2D eigenvalue weighted by atomic mass is 10.0. The van der Waals surface area contributed by atoms with Gasteiger partial charge in [0.2, 0.25) is 0 Å². The van der Waals surface area contributed by atoms with Gasteiger partial charge < -0.3 is 4.57 Å². The van der Waals surface area contributed by atoms with E-state index in [1.54, 1.807) is 18.2 Å². The second kappa shape index (κ2) is 7.38. The van der Waals surface area contributed by atoms with E-state index in [-0.39, 0.29) is 17.1 Å². The number of Topliss-reactive ketones (excluding diaryl/α,β-unsaturated/α-hetero) is 2. The number of hydrogen-bond donors (Lipinski definition) is 0. The van der Waals surface area contributed by atoms with Gasteiger partial charge in [-0.25, -0.2) is 0 Å². The van der Waals surface area contributed by atoms with E-state index in [4.69, 9.17) is 0 Å². The van der Waals surface area contributed by atoms with E-state index in [1.165, 1.54) is 6.07 Å². The van der Waals surface area contributed by atoms with Crippen molar-refractivity contribution in [1.82, 2.24) is 4.57 Å². The average molecular weight is 429 g/mol. The Morgan fingerprint density at radius 3 is 2.36 bits per heavy atom. The van der Waals surface area contributed by atoms with Gasteiger partial charge in [0.25, 0.3) is 0 Å². The molecular weight excluding hydrogens is 410 g/mol. The highest BCUT2D eigenvalue weighted by molar-refractivity contribution is 6.41. The van der Waals surface area contributed by atoms with Gasteiger partial charge in [-0.1, -0.05) is 42.5 Å². The SMILES string of the molecule is O=Cc1ccc2c(c1)C(=O)/C(=C\c1ccc3c(c1)c1ccccc1n3C1=CCCC=C1)C2=O. The summed E-state index contributed by atoms with van der Waals surface area (Å²) in [5.41, 5.74) is 5.32. The number of aldehydes is 1. The highest BCUT2D eigenvalue weighted by Gasteiger charge is 2.33. The lowest BCUT2D eigenvalue weighted by Gasteiger charge is -2.12. The molecule has 158 valence electrons. The van der Waals surface area contributed by atoms with E-state index in [0.29, 0.717) is 23.0 Å². The molecule has 0 amide bonds. The summed E-state index contributed by atoms with van der Waals surface area (Å²) < 4.78 is 2.26. The zero-order chi connectivity index (χ0) is 22.5. The van der Waals surface area contributed by atoms with Crippen LogP contribution in [0.25, 0.3) is 33.6 Å². The fraction of sp³-hybridized carbons (Fsp3) is 0.0690. The first kappa shape index (κ1) is 19.4. The maximum absolute atomic E-state index is 12.9. The minimum Gasteiger partial charge on any atom is -0.310 e. The van der Waals surface area contributed by atoms with Crippen molar-refractivity contribution in [1.29, 1.82) is 0 Å². The predicted octanol–water partition coefficient (Wildman–Crippen LogP) is 6.26. The van der Waals surface area contributed by atoms with Crippen molar-refractivity contribution in [3.8, 4) is 0 Å². The maximum atomic E-state index is 12.9. The predicted molar refractivity (Wildman–Crippen MR) is 131 cm³/mol. The van der Waals surface area contributed by atoms with Crippen molar-refractivity contribution in [3.63, 3.8) is 0 Å². The molecule has 0 atom stereocenters. The molecule has 6 rings (SSSR count). The maximum Gasteiger partial charge on any atom is 0.197 e. The lowest BCUT2D eigenvalue weighted by molar-refractivity contribution is 0.0990. The first-order valence-corrected chi connectivity index (χ1v) is 11.0. The van der Waals surface area contributed by atoms with E-state index in [9.17, 15) is 14.4 Å². The molecule has 0 unspecified atom stereocenters. The number of fused-ring (bicyclic) bond motifs is 4. The first-order valence-electron chi connectivity index (χ1n) is 11.0. The molecule has 4 heteroatoms. The van der Waals surface area contributed by atoms with Crippen molar-refractivity contribution in [2.75, 3.05) is 0 Å². The summed E-state index contributed by atoms with van der Waals surface area (Å²) in [6.07, 6.45) is 11.0. The van der Waals surface area contributed by atoms with Crippen LogP contribution in [0.2, 0.25) is 0 Å². The molecule has 0 saturated carbocycles. The van der Waals surface area contributed by atoms with Crippen molar-refractivity contribution in [2.45, 2.75) is 12.8 Å². The Bertz CT molecular complexity index is 1610. The smallest absolute Gasteiger partial charge is 0.197 e. The molecule has 3 aromatic carbocycles. The zero-order valence-corrected chi connectivity index (χ0v) is 17.7. The molecule has 0 N–H and O–H groups in total. The number of ketones is 2. The Morgan fingerprint density at radius 2 is 1.55 bits per heavy atom. The number of rotatable bonds is 3. The summed E-state index contributed by atoms with van der Waals surface area (Å²) in [7, 11) is 0. The molecule has 0 fully saturated rings. The second-order valence-electron chi connectivity index (χ2n) is 8.38. The minimum atomic E-state index is -0.335. The van der Waals surface area contributed by atoms with Gasteiger partial charge >= 0.3 is 0 Å². The van der Waals surface area contributed by atoms with Gasteiger partial charge in [-0.3, -0.25) is 14.4 Å². The van der Waals surface area contributed by atoms with E-state index in [1.807, 2.05) is 30.3 Å². The Balaban J connectivity index is 1.51. The van der Waals surface area contributed by atoms with Crippen molar-refractivity contribution in [2.24, 2.45) is 0 Å². The molecule has 0 radical (unpaired) electrons. The van der Waals surface area contributed by atoms with Crippen LogP contribution in [0.4, 0.5) is 0 Å². The first-order chi connectivity index (χ1) is 16.2. The monoisotopic (exact) mass is 429 g/mol. The Kier molecular flexibility index (Phi) is 4.34. The van der Waals surface area contributed by atoms with Crippen LogP contribution >= 0.6 is 0 Å². The number of carbonyl (C=O) groups excluding carboxylic acids is 3. The van der Waals surface area contributed by atoms with Gasteiger partial charge in [-0.05, 0) is 60.9 Å². The topological polar surface area (TPSA) is 56.1 Å². The number of carbonyl (C=O) groups is 3. The summed E-state index contributed by atoms with van der Waals surface area (Å²) in [4.78, 5) is 36.9. The average Bonchev–Trinajstić information content (AvgIpc) is 3.31.